The monoisotopic (exact) mass is 201 g/mol. The van der Waals surface area contributed by atoms with Gasteiger partial charge in [0.25, 0.3) is 0 Å². The van der Waals surface area contributed by atoms with Crippen molar-refractivity contribution < 1.29 is 4.79 Å². The van der Waals surface area contributed by atoms with Gasteiger partial charge in [0.05, 0.1) is 5.92 Å². The Hall–Kier alpha value is -0.570. The topological polar surface area (TPSA) is 32.9 Å². The fourth-order valence-corrected chi connectivity index (χ4v) is 1.27. The summed E-state index contributed by atoms with van der Waals surface area (Å²) in [6, 6.07) is 3.79. The maximum Gasteiger partial charge on any atom is 0.129 e. The summed E-state index contributed by atoms with van der Waals surface area (Å²) in [6.07, 6.45) is 2.75. The third-order valence-corrected chi connectivity index (χ3v) is 2.05. The van der Waals surface area contributed by atoms with Crippen LogP contribution in [0.2, 0.25) is 0 Å². The highest BCUT2D eigenvalue weighted by Crippen LogP contribution is 2.12. The van der Waals surface area contributed by atoms with E-state index in [0.29, 0.717) is 5.33 Å². The van der Waals surface area contributed by atoms with Crippen LogP contribution in [0, 0.1) is 0 Å². The Balaban J connectivity index is 2.73. The molecule has 2 nitrogen and oxygen atoms in total. The molecule has 1 unspecified atom stereocenters. The Morgan fingerprint density at radius 1 is 1.80 bits per heavy atom. The minimum absolute atomic E-state index is 0.0324. The van der Waals surface area contributed by atoms with Gasteiger partial charge in [0.2, 0.25) is 0 Å². The van der Waals surface area contributed by atoms with E-state index in [1.165, 1.54) is 0 Å². The van der Waals surface area contributed by atoms with E-state index in [-0.39, 0.29) is 5.92 Å². The van der Waals surface area contributed by atoms with Gasteiger partial charge in [-0.05, 0) is 12.1 Å². The molecule has 0 radical (unpaired) electrons. The summed E-state index contributed by atoms with van der Waals surface area (Å²) in [4.78, 5) is 13.4. The SMILES string of the molecule is O=CC(CBr)c1ccc[nH]1. The fourth-order valence-electron chi connectivity index (χ4n) is 0.768. The van der Waals surface area contributed by atoms with Gasteiger partial charge in [-0.1, -0.05) is 15.9 Å². The lowest BCUT2D eigenvalue weighted by atomic mass is 10.1. The first kappa shape index (κ1) is 7.54. The molecule has 1 atom stereocenters. The lowest BCUT2D eigenvalue weighted by Crippen LogP contribution is -2.00. The van der Waals surface area contributed by atoms with Crippen LogP contribution in [-0.2, 0) is 4.79 Å². The fraction of sp³-hybridized carbons (Fsp3) is 0.286. The molecule has 0 aromatic carbocycles. The molecule has 0 spiro atoms. The summed E-state index contributed by atoms with van der Waals surface area (Å²) < 4.78 is 0. The van der Waals surface area contributed by atoms with Crippen LogP contribution in [0.5, 0.6) is 0 Å². The zero-order chi connectivity index (χ0) is 7.40. The predicted octanol–water partition coefficient (Wildman–Crippen LogP) is 1.69. The molecule has 0 saturated carbocycles. The van der Waals surface area contributed by atoms with Crippen LogP contribution in [0.4, 0.5) is 0 Å². The van der Waals surface area contributed by atoms with Gasteiger partial charge >= 0.3 is 0 Å². The number of nitrogens with one attached hydrogen (secondary N) is 1. The Labute approximate surface area is 67.8 Å². The Bertz CT molecular complexity index is 195. The van der Waals surface area contributed by atoms with E-state index < -0.39 is 0 Å². The number of aromatic amines is 1. The molecule has 0 aliphatic carbocycles. The van der Waals surface area contributed by atoms with Crippen molar-refractivity contribution in [2.45, 2.75) is 5.92 Å². The van der Waals surface area contributed by atoms with Crippen molar-refractivity contribution in [2.24, 2.45) is 0 Å². The first-order valence-corrected chi connectivity index (χ1v) is 4.15. The molecule has 1 N–H and O–H groups in total. The molecular formula is C7H8BrNO. The number of alkyl halides is 1. The van der Waals surface area contributed by atoms with Crippen molar-refractivity contribution in [3.05, 3.63) is 24.0 Å². The molecule has 0 aliphatic heterocycles. The second kappa shape index (κ2) is 3.56. The van der Waals surface area contributed by atoms with Crippen LogP contribution in [0.3, 0.4) is 0 Å². The minimum atomic E-state index is -0.0324. The number of carbonyl (C=O) groups is 1. The van der Waals surface area contributed by atoms with E-state index in [9.17, 15) is 4.79 Å². The molecule has 1 heterocycles. The van der Waals surface area contributed by atoms with Crippen LogP contribution in [-0.4, -0.2) is 16.6 Å². The lowest BCUT2D eigenvalue weighted by molar-refractivity contribution is -0.108. The number of halogens is 1. The van der Waals surface area contributed by atoms with Gasteiger partial charge in [0.15, 0.2) is 0 Å². The molecule has 0 amide bonds. The molecular weight excluding hydrogens is 194 g/mol. The van der Waals surface area contributed by atoms with Crippen LogP contribution in [0.15, 0.2) is 18.3 Å². The average Bonchev–Trinajstić information content (AvgIpc) is 2.43. The largest absolute Gasteiger partial charge is 0.364 e. The molecule has 54 valence electrons. The molecule has 0 fully saturated rings. The molecule has 1 aromatic heterocycles. The van der Waals surface area contributed by atoms with Crippen molar-refractivity contribution in [3.8, 4) is 0 Å². The normalized spacial score (nSPS) is 12.9. The van der Waals surface area contributed by atoms with Gasteiger partial charge in [-0.25, -0.2) is 0 Å². The van der Waals surface area contributed by atoms with Gasteiger partial charge in [-0.15, -0.1) is 0 Å². The summed E-state index contributed by atoms with van der Waals surface area (Å²) in [7, 11) is 0. The summed E-state index contributed by atoms with van der Waals surface area (Å²) in [6.45, 7) is 0. The number of H-pyrrole nitrogens is 1. The van der Waals surface area contributed by atoms with Crippen molar-refractivity contribution in [2.75, 3.05) is 5.33 Å². The smallest absolute Gasteiger partial charge is 0.129 e. The van der Waals surface area contributed by atoms with Crippen LogP contribution in [0.25, 0.3) is 0 Å². The summed E-state index contributed by atoms with van der Waals surface area (Å²) in [5.74, 6) is -0.0324. The average molecular weight is 202 g/mol. The number of carbonyl (C=O) groups excluding carboxylic acids is 1. The molecule has 10 heavy (non-hydrogen) atoms. The zero-order valence-corrected chi connectivity index (χ0v) is 6.97. The van der Waals surface area contributed by atoms with Gasteiger partial charge in [-0.3, -0.25) is 0 Å². The highest BCUT2D eigenvalue weighted by molar-refractivity contribution is 9.09. The molecule has 0 aliphatic rings. The predicted molar refractivity (Wildman–Crippen MR) is 43.4 cm³/mol. The Morgan fingerprint density at radius 2 is 2.60 bits per heavy atom. The number of rotatable bonds is 3. The van der Waals surface area contributed by atoms with Gasteiger partial charge in [-0.2, -0.15) is 0 Å². The highest BCUT2D eigenvalue weighted by atomic mass is 79.9. The van der Waals surface area contributed by atoms with Crippen molar-refractivity contribution in [1.29, 1.82) is 0 Å². The second-order valence-corrected chi connectivity index (χ2v) is 2.67. The summed E-state index contributed by atoms with van der Waals surface area (Å²) in [5.41, 5.74) is 0.965. The van der Waals surface area contributed by atoms with E-state index in [4.69, 9.17) is 0 Å². The van der Waals surface area contributed by atoms with Gasteiger partial charge in [0, 0.05) is 17.2 Å². The molecule has 1 rings (SSSR count). The summed E-state index contributed by atoms with van der Waals surface area (Å²) in [5, 5.41) is 0.678. The number of hydrogen-bond donors (Lipinski definition) is 1. The van der Waals surface area contributed by atoms with Crippen LogP contribution >= 0.6 is 15.9 Å². The first-order valence-electron chi connectivity index (χ1n) is 3.03. The third kappa shape index (κ3) is 1.48. The van der Waals surface area contributed by atoms with Gasteiger partial charge < -0.3 is 9.78 Å². The van der Waals surface area contributed by atoms with Crippen molar-refractivity contribution >= 4 is 22.2 Å². The van der Waals surface area contributed by atoms with E-state index in [2.05, 4.69) is 20.9 Å². The Morgan fingerprint density at radius 3 is 3.00 bits per heavy atom. The molecule has 1 aromatic rings. The summed E-state index contributed by atoms with van der Waals surface area (Å²) >= 11 is 3.25. The van der Waals surface area contributed by atoms with Crippen molar-refractivity contribution in [1.82, 2.24) is 4.98 Å². The van der Waals surface area contributed by atoms with Gasteiger partial charge in [0.1, 0.15) is 6.29 Å². The number of aldehydes is 1. The van der Waals surface area contributed by atoms with E-state index >= 15 is 0 Å². The zero-order valence-electron chi connectivity index (χ0n) is 5.38. The third-order valence-electron chi connectivity index (χ3n) is 1.35. The highest BCUT2D eigenvalue weighted by Gasteiger charge is 2.07. The second-order valence-electron chi connectivity index (χ2n) is 2.02. The Kier molecular flexibility index (Phi) is 2.68. The minimum Gasteiger partial charge on any atom is -0.364 e. The maximum atomic E-state index is 10.4. The maximum absolute atomic E-state index is 10.4. The first-order chi connectivity index (χ1) is 4.88. The molecule has 0 bridgehead atoms. The van der Waals surface area contributed by atoms with Crippen LogP contribution < -0.4 is 0 Å². The van der Waals surface area contributed by atoms with E-state index in [1.54, 1.807) is 0 Å². The van der Waals surface area contributed by atoms with E-state index in [0.717, 1.165) is 12.0 Å². The number of aromatic nitrogens is 1. The standard InChI is InChI=1S/C7H8BrNO/c8-4-6(5-10)7-2-1-3-9-7/h1-3,5-6,9H,4H2. The van der Waals surface area contributed by atoms with Crippen LogP contribution in [0.1, 0.15) is 11.6 Å². The molecule has 0 saturated heterocycles. The molecule has 3 heteroatoms. The van der Waals surface area contributed by atoms with E-state index in [1.807, 2.05) is 18.3 Å². The van der Waals surface area contributed by atoms with Crippen molar-refractivity contribution in [3.63, 3.8) is 0 Å². The number of hydrogen-bond acceptors (Lipinski definition) is 1. The lowest BCUT2D eigenvalue weighted by Gasteiger charge is -2.00. The quantitative estimate of drug-likeness (QED) is 0.587.